The number of nitrogen functional groups attached to an aromatic ring is 1. The highest BCUT2D eigenvalue weighted by Crippen LogP contribution is 2.09. The Labute approximate surface area is 106 Å². The lowest BCUT2D eigenvalue weighted by atomic mass is 10.2. The van der Waals surface area contributed by atoms with E-state index in [0.717, 1.165) is 5.75 Å². The molecule has 0 aromatic heterocycles. The second-order valence-electron chi connectivity index (χ2n) is 3.41. The van der Waals surface area contributed by atoms with Crippen LogP contribution in [0.4, 0.5) is 5.69 Å². The summed E-state index contributed by atoms with van der Waals surface area (Å²) < 4.78 is 4.91. The Morgan fingerprint density at radius 2 is 1.61 bits per heavy atom. The molecule has 0 saturated heterocycles. The first-order valence-corrected chi connectivity index (χ1v) is 5.32. The van der Waals surface area contributed by atoms with E-state index in [2.05, 4.69) is 0 Å². The van der Waals surface area contributed by atoms with E-state index in [1.165, 1.54) is 6.07 Å². The predicted octanol–water partition coefficient (Wildman–Crippen LogP) is 2.66. The van der Waals surface area contributed by atoms with Crippen molar-refractivity contribution in [1.29, 1.82) is 0 Å². The quantitative estimate of drug-likeness (QED) is 0.798. The van der Waals surface area contributed by atoms with Crippen LogP contribution < -0.4 is 10.5 Å². The molecule has 3 N–H and O–H groups in total. The summed E-state index contributed by atoms with van der Waals surface area (Å²) in [5.41, 5.74) is 5.80. The third-order valence-corrected chi connectivity index (χ3v) is 2.17. The van der Waals surface area contributed by atoms with Gasteiger partial charge in [0.15, 0.2) is 0 Å². The number of carboxylic acids is 1. The average Bonchev–Trinajstić information content (AvgIpc) is 2.40. The van der Waals surface area contributed by atoms with Gasteiger partial charge in [0.1, 0.15) is 5.75 Å². The third kappa shape index (κ3) is 4.17. The molecule has 18 heavy (non-hydrogen) atoms. The summed E-state index contributed by atoms with van der Waals surface area (Å²) in [7, 11) is 1.66. The van der Waals surface area contributed by atoms with Crippen LogP contribution in [0.2, 0.25) is 0 Å². The normalized spacial score (nSPS) is 8.94. The van der Waals surface area contributed by atoms with Gasteiger partial charge in [0.2, 0.25) is 0 Å². The number of nitrogens with two attached hydrogens (primary N) is 1. The average molecular weight is 245 g/mol. The van der Waals surface area contributed by atoms with E-state index in [0.29, 0.717) is 5.69 Å². The maximum Gasteiger partial charge on any atom is 0.337 e. The molecular weight excluding hydrogens is 230 g/mol. The standard InChI is InChI=1S/C7H7NO2.C7H8O/c8-6-4-2-1-3-5(6)7(9)10;1-8-7-5-3-2-4-6-7/h1-4H,8H2,(H,9,10);2-6H,1H3. The first-order chi connectivity index (χ1) is 8.65. The van der Waals surface area contributed by atoms with Crippen molar-refractivity contribution >= 4 is 11.7 Å². The summed E-state index contributed by atoms with van der Waals surface area (Å²) in [6, 6.07) is 16.0. The van der Waals surface area contributed by atoms with Crippen LogP contribution in [0, 0.1) is 0 Å². The van der Waals surface area contributed by atoms with Gasteiger partial charge < -0.3 is 15.6 Å². The van der Waals surface area contributed by atoms with Crippen LogP contribution in [0.25, 0.3) is 0 Å². The molecule has 2 aromatic carbocycles. The summed E-state index contributed by atoms with van der Waals surface area (Å²) in [5, 5.41) is 8.49. The topological polar surface area (TPSA) is 72.5 Å². The van der Waals surface area contributed by atoms with Gasteiger partial charge in [0.05, 0.1) is 12.7 Å². The fourth-order valence-electron chi connectivity index (χ4n) is 1.25. The number of methoxy groups -OCH3 is 1. The lowest BCUT2D eigenvalue weighted by molar-refractivity contribution is 0.0698. The molecule has 0 amide bonds. The van der Waals surface area contributed by atoms with Crippen molar-refractivity contribution < 1.29 is 14.6 Å². The molecule has 0 fully saturated rings. The highest BCUT2D eigenvalue weighted by atomic mass is 16.5. The highest BCUT2D eigenvalue weighted by Gasteiger charge is 2.03. The van der Waals surface area contributed by atoms with Crippen molar-refractivity contribution in [3.8, 4) is 5.75 Å². The van der Waals surface area contributed by atoms with Crippen LogP contribution in [0.1, 0.15) is 10.4 Å². The van der Waals surface area contributed by atoms with E-state index in [-0.39, 0.29) is 5.56 Å². The molecule has 2 rings (SSSR count). The van der Waals surface area contributed by atoms with Crippen LogP contribution in [0.15, 0.2) is 54.6 Å². The summed E-state index contributed by atoms with van der Waals surface area (Å²) >= 11 is 0. The number of hydrogen-bond donors (Lipinski definition) is 2. The smallest absolute Gasteiger partial charge is 0.337 e. The second-order valence-corrected chi connectivity index (χ2v) is 3.41. The molecule has 4 heteroatoms. The Hall–Kier alpha value is -2.49. The molecule has 0 atom stereocenters. The Morgan fingerprint density at radius 1 is 1.06 bits per heavy atom. The molecule has 0 radical (unpaired) electrons. The van der Waals surface area contributed by atoms with Crippen LogP contribution in [-0.4, -0.2) is 18.2 Å². The van der Waals surface area contributed by atoms with Gasteiger partial charge in [0.25, 0.3) is 0 Å². The number of rotatable bonds is 2. The Morgan fingerprint density at radius 3 is 2.00 bits per heavy atom. The second kappa shape index (κ2) is 6.96. The SMILES string of the molecule is COc1ccccc1.Nc1ccccc1C(=O)O. The number of hydrogen-bond acceptors (Lipinski definition) is 3. The summed E-state index contributed by atoms with van der Waals surface area (Å²) in [6.45, 7) is 0. The van der Waals surface area contributed by atoms with Crippen molar-refractivity contribution in [3.05, 3.63) is 60.2 Å². The molecule has 94 valence electrons. The fraction of sp³-hybridized carbons (Fsp3) is 0.0714. The van der Waals surface area contributed by atoms with E-state index in [1.54, 1.807) is 25.3 Å². The fourth-order valence-corrected chi connectivity index (χ4v) is 1.25. The van der Waals surface area contributed by atoms with Gasteiger partial charge in [-0.15, -0.1) is 0 Å². The van der Waals surface area contributed by atoms with Gasteiger partial charge >= 0.3 is 5.97 Å². The zero-order valence-electron chi connectivity index (χ0n) is 10.0. The molecule has 0 saturated carbocycles. The number of aromatic carboxylic acids is 1. The van der Waals surface area contributed by atoms with Crippen LogP contribution >= 0.6 is 0 Å². The van der Waals surface area contributed by atoms with E-state index in [9.17, 15) is 4.79 Å². The number of anilines is 1. The number of carbonyl (C=O) groups is 1. The molecule has 0 bridgehead atoms. The van der Waals surface area contributed by atoms with Gasteiger partial charge in [0, 0.05) is 5.69 Å². The van der Waals surface area contributed by atoms with Gasteiger partial charge in [-0.3, -0.25) is 0 Å². The Balaban J connectivity index is 0.000000184. The van der Waals surface area contributed by atoms with Gasteiger partial charge in [-0.2, -0.15) is 0 Å². The number of ether oxygens (including phenoxy) is 1. The van der Waals surface area contributed by atoms with Crippen molar-refractivity contribution in [2.75, 3.05) is 12.8 Å². The van der Waals surface area contributed by atoms with Crippen molar-refractivity contribution in [2.24, 2.45) is 0 Å². The monoisotopic (exact) mass is 245 g/mol. The summed E-state index contributed by atoms with van der Waals surface area (Å²) in [4.78, 5) is 10.3. The molecule has 0 spiro atoms. The maximum absolute atomic E-state index is 10.3. The first-order valence-electron chi connectivity index (χ1n) is 5.32. The van der Waals surface area contributed by atoms with Crippen molar-refractivity contribution in [2.45, 2.75) is 0 Å². The highest BCUT2D eigenvalue weighted by molar-refractivity contribution is 5.93. The van der Waals surface area contributed by atoms with Gasteiger partial charge in [-0.25, -0.2) is 4.79 Å². The van der Waals surface area contributed by atoms with E-state index >= 15 is 0 Å². The molecular formula is C14H15NO3. The molecule has 2 aromatic rings. The minimum Gasteiger partial charge on any atom is -0.497 e. The zero-order chi connectivity index (χ0) is 13.4. The van der Waals surface area contributed by atoms with E-state index in [1.807, 2.05) is 30.3 Å². The lowest BCUT2D eigenvalue weighted by Crippen LogP contribution is -2.00. The summed E-state index contributed by atoms with van der Waals surface area (Å²) in [5.74, 6) is -0.0781. The molecule has 0 aliphatic rings. The van der Waals surface area contributed by atoms with Gasteiger partial charge in [-0.1, -0.05) is 30.3 Å². The minimum absolute atomic E-state index is 0.155. The lowest BCUT2D eigenvalue weighted by Gasteiger charge is -1.96. The van der Waals surface area contributed by atoms with Crippen molar-refractivity contribution in [1.82, 2.24) is 0 Å². The van der Waals surface area contributed by atoms with E-state index < -0.39 is 5.97 Å². The largest absolute Gasteiger partial charge is 0.497 e. The number of carboxylic acid groups (broad SMARTS) is 1. The molecule has 0 aliphatic carbocycles. The maximum atomic E-state index is 10.3. The molecule has 0 heterocycles. The Bertz CT molecular complexity index is 497. The van der Waals surface area contributed by atoms with Gasteiger partial charge in [-0.05, 0) is 24.3 Å². The van der Waals surface area contributed by atoms with E-state index in [4.69, 9.17) is 15.6 Å². The Kier molecular flexibility index (Phi) is 5.25. The zero-order valence-corrected chi connectivity index (χ0v) is 10.0. The summed E-state index contributed by atoms with van der Waals surface area (Å²) in [6.07, 6.45) is 0. The first kappa shape index (κ1) is 13.6. The third-order valence-electron chi connectivity index (χ3n) is 2.17. The van der Waals surface area contributed by atoms with Crippen LogP contribution in [-0.2, 0) is 0 Å². The molecule has 4 nitrogen and oxygen atoms in total. The molecule has 0 aliphatic heterocycles. The van der Waals surface area contributed by atoms with Crippen molar-refractivity contribution in [3.63, 3.8) is 0 Å². The number of para-hydroxylation sites is 2. The molecule has 0 unspecified atom stereocenters. The predicted molar refractivity (Wildman–Crippen MR) is 70.8 cm³/mol. The van der Waals surface area contributed by atoms with Crippen LogP contribution in [0.3, 0.4) is 0 Å². The number of benzene rings is 2. The minimum atomic E-state index is -0.988. The van der Waals surface area contributed by atoms with Crippen LogP contribution in [0.5, 0.6) is 5.75 Å².